The minimum Gasteiger partial charge on any atom is -0.325 e. The molecule has 31 heavy (non-hydrogen) atoms. The molecule has 0 aliphatic carbocycles. The van der Waals surface area contributed by atoms with Crippen molar-refractivity contribution in [3.8, 4) is 0 Å². The molecule has 3 aromatic rings. The lowest BCUT2D eigenvalue weighted by molar-refractivity contribution is -0.121. The molecule has 1 aliphatic rings. The minimum atomic E-state index is -3.52. The van der Waals surface area contributed by atoms with Gasteiger partial charge >= 0.3 is 0 Å². The zero-order chi connectivity index (χ0) is 21.8. The molecule has 3 aromatic carbocycles. The molecule has 1 aliphatic heterocycles. The number of carbonyl (C=O) groups is 1. The van der Waals surface area contributed by atoms with Gasteiger partial charge in [0.05, 0.1) is 10.9 Å². The molecule has 7 heteroatoms. The molecule has 1 amide bonds. The monoisotopic (exact) mass is 437 g/mol. The van der Waals surface area contributed by atoms with Gasteiger partial charge in [-0.15, -0.1) is 0 Å². The fraction of sp³-hybridized carbons (Fsp3) is 0.292. The second kappa shape index (κ2) is 9.18. The summed E-state index contributed by atoms with van der Waals surface area (Å²) in [5, 5.41) is 5.23. The van der Waals surface area contributed by atoms with Gasteiger partial charge in [-0.3, -0.25) is 9.69 Å². The molecular formula is C24H27N3O3S. The summed E-state index contributed by atoms with van der Waals surface area (Å²) >= 11 is 0. The van der Waals surface area contributed by atoms with Crippen LogP contribution in [0.15, 0.2) is 77.7 Å². The number of nitrogens with zero attached hydrogens (tertiary/aromatic N) is 1. The van der Waals surface area contributed by atoms with Crippen molar-refractivity contribution < 1.29 is 13.2 Å². The van der Waals surface area contributed by atoms with E-state index in [1.54, 1.807) is 30.3 Å². The first-order chi connectivity index (χ1) is 14.9. The maximum atomic E-state index is 12.8. The highest BCUT2D eigenvalue weighted by Crippen LogP contribution is 2.21. The zero-order valence-electron chi connectivity index (χ0n) is 17.5. The molecule has 0 spiro atoms. The van der Waals surface area contributed by atoms with E-state index in [9.17, 15) is 13.2 Å². The van der Waals surface area contributed by atoms with Gasteiger partial charge in [0, 0.05) is 24.8 Å². The molecular weight excluding hydrogens is 410 g/mol. The third kappa shape index (κ3) is 5.12. The van der Waals surface area contributed by atoms with E-state index in [0.29, 0.717) is 25.9 Å². The van der Waals surface area contributed by atoms with E-state index < -0.39 is 10.0 Å². The molecule has 1 heterocycles. The van der Waals surface area contributed by atoms with E-state index in [2.05, 4.69) is 14.9 Å². The SMILES string of the molecule is CC(C(=O)Nc1ccc2ccccc2c1)N1CCC(NS(=O)(=O)c2ccccc2)CC1. The van der Waals surface area contributed by atoms with Crippen molar-refractivity contribution in [1.29, 1.82) is 0 Å². The Morgan fingerprint density at radius 2 is 1.58 bits per heavy atom. The van der Waals surface area contributed by atoms with E-state index in [-0.39, 0.29) is 22.9 Å². The van der Waals surface area contributed by atoms with Crippen molar-refractivity contribution in [2.24, 2.45) is 0 Å². The number of amides is 1. The smallest absolute Gasteiger partial charge is 0.241 e. The first-order valence-electron chi connectivity index (χ1n) is 10.5. The van der Waals surface area contributed by atoms with Crippen LogP contribution in [0.2, 0.25) is 0 Å². The van der Waals surface area contributed by atoms with Gasteiger partial charge in [0.25, 0.3) is 0 Å². The zero-order valence-corrected chi connectivity index (χ0v) is 18.3. The van der Waals surface area contributed by atoms with Crippen molar-refractivity contribution in [1.82, 2.24) is 9.62 Å². The Bertz CT molecular complexity index is 1160. The lowest BCUT2D eigenvalue weighted by Gasteiger charge is -2.35. The number of rotatable bonds is 6. The summed E-state index contributed by atoms with van der Waals surface area (Å²) in [7, 11) is -3.52. The van der Waals surface area contributed by atoms with Gasteiger partial charge in [-0.1, -0.05) is 48.5 Å². The lowest BCUT2D eigenvalue weighted by Crippen LogP contribution is -2.50. The Morgan fingerprint density at radius 3 is 2.29 bits per heavy atom. The molecule has 162 valence electrons. The average molecular weight is 438 g/mol. The molecule has 1 unspecified atom stereocenters. The summed E-state index contributed by atoms with van der Waals surface area (Å²) in [4.78, 5) is 15.2. The molecule has 0 bridgehead atoms. The van der Waals surface area contributed by atoms with Gasteiger partial charge in [-0.2, -0.15) is 0 Å². The third-order valence-corrected chi connectivity index (χ3v) is 7.39. The second-order valence-corrected chi connectivity index (χ2v) is 9.69. The third-order valence-electron chi connectivity index (χ3n) is 5.85. The molecule has 2 N–H and O–H groups in total. The van der Waals surface area contributed by atoms with E-state index >= 15 is 0 Å². The first kappa shape index (κ1) is 21.5. The number of hydrogen-bond acceptors (Lipinski definition) is 4. The summed E-state index contributed by atoms with van der Waals surface area (Å²) in [6.07, 6.45) is 1.33. The molecule has 0 aromatic heterocycles. The van der Waals surface area contributed by atoms with Gasteiger partial charge in [0.1, 0.15) is 0 Å². The van der Waals surface area contributed by atoms with Crippen LogP contribution in [0.3, 0.4) is 0 Å². The topological polar surface area (TPSA) is 78.5 Å². The Labute approximate surface area is 183 Å². The van der Waals surface area contributed by atoms with Crippen LogP contribution in [-0.4, -0.2) is 44.4 Å². The Hall–Kier alpha value is -2.74. The minimum absolute atomic E-state index is 0.0569. The summed E-state index contributed by atoms with van der Waals surface area (Å²) < 4.78 is 27.9. The maximum absolute atomic E-state index is 12.8. The van der Waals surface area contributed by atoms with Crippen molar-refractivity contribution >= 4 is 32.4 Å². The van der Waals surface area contributed by atoms with Crippen molar-refractivity contribution in [2.45, 2.75) is 36.7 Å². The van der Waals surface area contributed by atoms with Gasteiger partial charge < -0.3 is 5.32 Å². The number of benzene rings is 3. The second-order valence-electron chi connectivity index (χ2n) is 7.97. The van der Waals surface area contributed by atoms with Gasteiger partial charge in [0.2, 0.25) is 15.9 Å². The number of anilines is 1. The number of nitrogens with one attached hydrogen (secondary N) is 2. The van der Waals surface area contributed by atoms with Crippen LogP contribution in [0.25, 0.3) is 10.8 Å². The fourth-order valence-corrected chi connectivity index (χ4v) is 5.30. The van der Waals surface area contributed by atoms with Crippen LogP contribution in [-0.2, 0) is 14.8 Å². The largest absolute Gasteiger partial charge is 0.325 e. The molecule has 1 saturated heterocycles. The van der Waals surface area contributed by atoms with E-state index in [0.717, 1.165) is 16.5 Å². The number of sulfonamides is 1. The van der Waals surface area contributed by atoms with Crippen molar-refractivity contribution in [3.05, 3.63) is 72.8 Å². The Morgan fingerprint density at radius 1 is 0.935 bits per heavy atom. The molecule has 1 atom stereocenters. The summed E-state index contributed by atoms with van der Waals surface area (Å²) in [6, 6.07) is 21.9. The Kier molecular flexibility index (Phi) is 6.36. The quantitative estimate of drug-likeness (QED) is 0.618. The predicted molar refractivity (Wildman–Crippen MR) is 123 cm³/mol. The first-order valence-corrected chi connectivity index (χ1v) is 12.0. The highest BCUT2D eigenvalue weighted by molar-refractivity contribution is 7.89. The molecule has 4 rings (SSSR count). The number of carbonyl (C=O) groups excluding carboxylic acids is 1. The van der Waals surface area contributed by atoms with Crippen LogP contribution in [0.1, 0.15) is 19.8 Å². The van der Waals surface area contributed by atoms with E-state index in [4.69, 9.17) is 0 Å². The maximum Gasteiger partial charge on any atom is 0.241 e. The average Bonchev–Trinajstić information content (AvgIpc) is 2.79. The molecule has 0 radical (unpaired) electrons. The van der Waals surface area contributed by atoms with Gasteiger partial charge in [-0.05, 0) is 54.8 Å². The molecule has 6 nitrogen and oxygen atoms in total. The number of fused-ring (bicyclic) bond motifs is 1. The summed E-state index contributed by atoms with van der Waals surface area (Å²) in [6.45, 7) is 3.22. The number of hydrogen-bond donors (Lipinski definition) is 2. The highest BCUT2D eigenvalue weighted by Gasteiger charge is 2.29. The number of likely N-dealkylation sites (tertiary alicyclic amines) is 1. The van der Waals surface area contributed by atoms with Crippen molar-refractivity contribution in [3.63, 3.8) is 0 Å². The fourth-order valence-electron chi connectivity index (χ4n) is 3.97. The van der Waals surface area contributed by atoms with Crippen molar-refractivity contribution in [2.75, 3.05) is 18.4 Å². The number of piperidine rings is 1. The molecule has 1 fully saturated rings. The predicted octanol–water partition coefficient (Wildman–Crippen LogP) is 3.61. The standard InChI is InChI=1S/C24H27N3O3S/c1-18(24(28)25-22-12-11-19-7-5-6-8-20(19)17-22)27-15-13-21(14-16-27)26-31(29,30)23-9-3-2-4-10-23/h2-12,17-18,21,26H,13-16H2,1H3,(H,25,28). The Balaban J connectivity index is 1.32. The van der Waals surface area contributed by atoms with E-state index in [1.807, 2.05) is 49.4 Å². The summed E-state index contributed by atoms with van der Waals surface area (Å²) in [5.41, 5.74) is 0.779. The summed E-state index contributed by atoms with van der Waals surface area (Å²) in [5.74, 6) is -0.0569. The van der Waals surface area contributed by atoms with Crippen LogP contribution in [0.5, 0.6) is 0 Å². The van der Waals surface area contributed by atoms with Crippen LogP contribution < -0.4 is 10.0 Å². The van der Waals surface area contributed by atoms with Crippen LogP contribution in [0.4, 0.5) is 5.69 Å². The van der Waals surface area contributed by atoms with Gasteiger partial charge in [0.15, 0.2) is 0 Å². The van der Waals surface area contributed by atoms with Gasteiger partial charge in [-0.25, -0.2) is 13.1 Å². The van der Waals surface area contributed by atoms with Crippen LogP contribution >= 0.6 is 0 Å². The van der Waals surface area contributed by atoms with E-state index in [1.165, 1.54) is 0 Å². The van der Waals surface area contributed by atoms with Crippen LogP contribution in [0, 0.1) is 0 Å². The lowest BCUT2D eigenvalue weighted by atomic mass is 10.0. The normalized spacial score (nSPS) is 16.8. The molecule has 0 saturated carbocycles. The highest BCUT2D eigenvalue weighted by atomic mass is 32.2.